The minimum atomic E-state index is -0.571. The van der Waals surface area contributed by atoms with Crippen molar-refractivity contribution in [1.82, 2.24) is 9.88 Å². The summed E-state index contributed by atoms with van der Waals surface area (Å²) in [5.41, 5.74) is 8.86. The first-order valence-electron chi connectivity index (χ1n) is 13.2. The molecule has 5 rings (SSSR count). The number of methoxy groups -OCH3 is 1. The average Bonchev–Trinajstić information content (AvgIpc) is 3.35. The zero-order valence-corrected chi connectivity index (χ0v) is 22.6. The maximum Gasteiger partial charge on any atom is 0.237 e. The quantitative estimate of drug-likeness (QED) is 0.353. The largest absolute Gasteiger partial charge is 0.496 e. The fourth-order valence-corrected chi connectivity index (χ4v) is 7.34. The predicted molar refractivity (Wildman–Crippen MR) is 147 cm³/mol. The van der Waals surface area contributed by atoms with Crippen molar-refractivity contribution in [3.63, 3.8) is 0 Å². The first-order chi connectivity index (χ1) is 18.4. The van der Waals surface area contributed by atoms with Gasteiger partial charge < -0.3 is 15.4 Å². The summed E-state index contributed by atoms with van der Waals surface area (Å²) in [6.07, 6.45) is 7.38. The molecule has 1 saturated carbocycles. The highest BCUT2D eigenvalue weighted by atomic mass is 32.2. The normalized spacial score (nSPS) is 19.3. The number of nitrogens with zero attached hydrogens (tertiary/aromatic N) is 2. The zero-order chi connectivity index (χ0) is 26.8. The smallest absolute Gasteiger partial charge is 0.237 e. The molecule has 2 N–H and O–H groups in total. The minimum absolute atomic E-state index is 0.0645. The highest BCUT2D eigenvalue weighted by molar-refractivity contribution is 8.01. The number of fused-ring (bicyclic) bond motifs is 1. The van der Waals surface area contributed by atoms with E-state index in [1.807, 2.05) is 36.1 Å². The second kappa shape index (κ2) is 11.3. The number of carbonyl (C=O) groups is 1. The molecule has 38 heavy (non-hydrogen) atoms. The number of ether oxygens (including phenoxy) is 1. The molecule has 0 radical (unpaired) electrons. The number of nitrogen functional groups attached to an aromatic ring is 1. The molecule has 2 aromatic carbocycles. The highest BCUT2D eigenvalue weighted by Crippen LogP contribution is 2.50. The number of benzene rings is 2. The van der Waals surface area contributed by atoms with Crippen molar-refractivity contribution >= 4 is 23.5 Å². The molecule has 2 heterocycles. The summed E-state index contributed by atoms with van der Waals surface area (Å²) in [5.74, 6) is -0.200. The van der Waals surface area contributed by atoms with E-state index in [0.29, 0.717) is 30.1 Å². The standard InChI is InChI=1S/C30H33F2N3O2S/c1-3-22-27-23(31)11-12-24(32)29(27)38-28(22)30(36)35(21-7-5-4-6-8-21)17-20-15-18(9-13-25(20)37-2)19-10-14-26(33)34-16-19/h9-16,21-22,28H,3-8,17H2,1-2H3,(H2,33,34). The van der Waals surface area contributed by atoms with Crippen LogP contribution in [0.2, 0.25) is 0 Å². The molecule has 200 valence electrons. The van der Waals surface area contributed by atoms with Crippen LogP contribution in [0.15, 0.2) is 53.6 Å². The number of amides is 1. The van der Waals surface area contributed by atoms with Crippen LogP contribution < -0.4 is 10.5 Å². The Kier molecular flexibility index (Phi) is 7.88. The second-order valence-corrected chi connectivity index (χ2v) is 11.2. The van der Waals surface area contributed by atoms with Gasteiger partial charge in [-0.2, -0.15) is 0 Å². The van der Waals surface area contributed by atoms with Crippen LogP contribution in [0.25, 0.3) is 11.1 Å². The van der Waals surface area contributed by atoms with Gasteiger partial charge in [0.25, 0.3) is 0 Å². The summed E-state index contributed by atoms with van der Waals surface area (Å²) in [7, 11) is 1.62. The third kappa shape index (κ3) is 5.10. The summed E-state index contributed by atoms with van der Waals surface area (Å²) in [6.45, 7) is 2.29. The summed E-state index contributed by atoms with van der Waals surface area (Å²) in [4.78, 5) is 20.7. The Morgan fingerprint density at radius 3 is 2.50 bits per heavy atom. The van der Waals surface area contributed by atoms with Crippen molar-refractivity contribution in [1.29, 1.82) is 0 Å². The summed E-state index contributed by atoms with van der Waals surface area (Å²) in [6, 6.07) is 12.0. The molecule has 0 saturated heterocycles. The van der Waals surface area contributed by atoms with Gasteiger partial charge in [0.1, 0.15) is 23.2 Å². The SMILES string of the molecule is CCC1c2c(F)ccc(F)c2SC1C(=O)N(Cc1cc(-c2ccc(N)nc2)ccc1OC)C1CCCCC1. The Hall–Kier alpha value is -3.13. The highest BCUT2D eigenvalue weighted by Gasteiger charge is 2.43. The zero-order valence-electron chi connectivity index (χ0n) is 21.8. The van der Waals surface area contributed by atoms with Crippen molar-refractivity contribution in [3.8, 4) is 16.9 Å². The molecule has 1 aromatic heterocycles. The molecule has 0 bridgehead atoms. The van der Waals surface area contributed by atoms with E-state index in [2.05, 4.69) is 4.98 Å². The maximum absolute atomic E-state index is 14.8. The van der Waals surface area contributed by atoms with Crippen LogP contribution in [-0.4, -0.2) is 34.2 Å². The number of anilines is 1. The molecule has 8 heteroatoms. The van der Waals surface area contributed by atoms with Crippen LogP contribution in [-0.2, 0) is 11.3 Å². The van der Waals surface area contributed by atoms with Crippen molar-refractivity contribution in [2.24, 2.45) is 0 Å². The maximum atomic E-state index is 14.8. The molecular weight excluding hydrogens is 504 g/mol. The van der Waals surface area contributed by atoms with E-state index in [1.165, 1.54) is 17.8 Å². The Morgan fingerprint density at radius 2 is 1.82 bits per heavy atom. The Morgan fingerprint density at radius 1 is 1.08 bits per heavy atom. The van der Waals surface area contributed by atoms with Crippen LogP contribution in [0.3, 0.4) is 0 Å². The molecule has 1 aliphatic heterocycles. The predicted octanol–water partition coefficient (Wildman–Crippen LogP) is 6.95. The summed E-state index contributed by atoms with van der Waals surface area (Å²) >= 11 is 1.17. The molecule has 5 nitrogen and oxygen atoms in total. The summed E-state index contributed by atoms with van der Waals surface area (Å²) < 4.78 is 35.2. The van der Waals surface area contributed by atoms with Crippen LogP contribution in [0, 0.1) is 11.6 Å². The topological polar surface area (TPSA) is 68.5 Å². The molecule has 2 unspecified atom stereocenters. The fourth-order valence-electron chi connectivity index (χ4n) is 5.80. The number of hydrogen-bond acceptors (Lipinski definition) is 5. The molecule has 0 spiro atoms. The number of nitrogens with two attached hydrogens (primary N) is 1. The van der Waals surface area contributed by atoms with Crippen molar-refractivity contribution in [3.05, 3.63) is 71.4 Å². The van der Waals surface area contributed by atoms with Gasteiger partial charge >= 0.3 is 0 Å². The third-order valence-corrected chi connectivity index (χ3v) is 9.23. The lowest BCUT2D eigenvalue weighted by molar-refractivity contribution is -0.134. The van der Waals surface area contributed by atoms with E-state index in [9.17, 15) is 13.6 Å². The Balaban J connectivity index is 1.50. The van der Waals surface area contributed by atoms with Crippen molar-refractivity contribution in [2.45, 2.75) is 74.1 Å². The minimum Gasteiger partial charge on any atom is -0.496 e. The fraction of sp³-hybridized carbons (Fsp3) is 0.400. The van der Waals surface area contributed by atoms with Gasteiger partial charge in [0.15, 0.2) is 0 Å². The van der Waals surface area contributed by atoms with Gasteiger partial charge in [-0.25, -0.2) is 13.8 Å². The number of halogens is 2. The molecule has 1 aliphatic carbocycles. The van der Waals surface area contributed by atoms with Crippen LogP contribution in [0.4, 0.5) is 14.6 Å². The summed E-state index contributed by atoms with van der Waals surface area (Å²) in [5, 5.41) is -0.571. The van der Waals surface area contributed by atoms with E-state index in [1.54, 1.807) is 19.4 Å². The Bertz CT molecular complexity index is 1310. The lowest BCUT2D eigenvalue weighted by Gasteiger charge is -2.37. The van der Waals surface area contributed by atoms with Gasteiger partial charge in [0.05, 0.1) is 17.3 Å². The van der Waals surface area contributed by atoms with E-state index in [0.717, 1.165) is 54.9 Å². The molecule has 2 aliphatic rings. The number of carbonyl (C=O) groups excluding carboxylic acids is 1. The molecule has 2 atom stereocenters. The van der Waals surface area contributed by atoms with Gasteiger partial charge in [-0.3, -0.25) is 4.79 Å². The molecule has 1 fully saturated rings. The van der Waals surface area contributed by atoms with E-state index in [4.69, 9.17) is 10.5 Å². The van der Waals surface area contributed by atoms with Gasteiger partial charge in [0.2, 0.25) is 5.91 Å². The third-order valence-electron chi connectivity index (χ3n) is 7.80. The van der Waals surface area contributed by atoms with E-state index in [-0.39, 0.29) is 22.8 Å². The Labute approximate surface area is 226 Å². The van der Waals surface area contributed by atoms with Crippen molar-refractivity contribution < 1.29 is 18.3 Å². The molecule has 1 amide bonds. The van der Waals surface area contributed by atoms with Gasteiger partial charge in [0, 0.05) is 41.4 Å². The number of thioether (sulfide) groups is 1. The average molecular weight is 538 g/mol. The van der Waals surface area contributed by atoms with Crippen LogP contribution >= 0.6 is 11.8 Å². The number of pyridine rings is 1. The molecular formula is C30H33F2N3O2S. The van der Waals surface area contributed by atoms with Gasteiger partial charge in [-0.15, -0.1) is 11.8 Å². The van der Waals surface area contributed by atoms with Crippen LogP contribution in [0.5, 0.6) is 5.75 Å². The van der Waals surface area contributed by atoms with E-state index < -0.39 is 16.9 Å². The lowest BCUT2D eigenvalue weighted by atomic mass is 9.89. The van der Waals surface area contributed by atoms with Gasteiger partial charge in [-0.05, 0) is 61.2 Å². The van der Waals surface area contributed by atoms with Gasteiger partial charge in [-0.1, -0.05) is 32.3 Å². The first kappa shape index (κ1) is 26.5. The first-order valence-corrected chi connectivity index (χ1v) is 14.1. The van der Waals surface area contributed by atoms with E-state index >= 15 is 0 Å². The number of hydrogen-bond donors (Lipinski definition) is 1. The second-order valence-electron chi connectivity index (χ2n) is 10.1. The molecule has 3 aromatic rings. The number of rotatable bonds is 7. The monoisotopic (exact) mass is 537 g/mol. The lowest BCUT2D eigenvalue weighted by Crippen LogP contribution is -2.46. The number of aromatic nitrogens is 1. The van der Waals surface area contributed by atoms with Crippen LogP contribution in [0.1, 0.15) is 62.5 Å². The van der Waals surface area contributed by atoms with Crippen molar-refractivity contribution in [2.75, 3.05) is 12.8 Å².